The molecule has 3 heterocycles. The van der Waals surface area contributed by atoms with Crippen LogP contribution >= 0.6 is 11.8 Å². The van der Waals surface area contributed by atoms with Crippen LogP contribution in [-0.2, 0) is 19.0 Å². The summed E-state index contributed by atoms with van der Waals surface area (Å²) in [7, 11) is 0. The number of aromatic nitrogens is 1. The van der Waals surface area contributed by atoms with Crippen LogP contribution in [0.4, 0.5) is 10.6 Å². The lowest BCUT2D eigenvalue weighted by molar-refractivity contribution is -0.121. The molecule has 13 nitrogen and oxygen atoms in total. The number of pyridine rings is 1. The van der Waals surface area contributed by atoms with Crippen LogP contribution in [-0.4, -0.2) is 104 Å². The summed E-state index contributed by atoms with van der Waals surface area (Å²) >= 11 is 1.91. The molecule has 2 aliphatic heterocycles. The van der Waals surface area contributed by atoms with Crippen LogP contribution in [0.5, 0.6) is 0 Å². The van der Waals surface area contributed by atoms with Crippen molar-refractivity contribution in [2.24, 2.45) is 5.10 Å². The van der Waals surface area contributed by atoms with E-state index in [2.05, 4.69) is 36.8 Å². The second kappa shape index (κ2) is 20.1. The van der Waals surface area contributed by atoms with Crippen LogP contribution in [0.25, 0.3) is 0 Å². The summed E-state index contributed by atoms with van der Waals surface area (Å²) in [5.41, 5.74) is 4.19. The fourth-order valence-corrected chi connectivity index (χ4v) is 6.09. The number of ether oxygens (including phenoxy) is 3. The third kappa shape index (κ3) is 13.9. The molecular weight excluding hydrogens is 574 g/mol. The van der Waals surface area contributed by atoms with E-state index < -0.39 is 0 Å². The van der Waals surface area contributed by atoms with Crippen LogP contribution in [0.1, 0.15) is 62.7 Å². The molecule has 4 amide bonds. The highest BCUT2D eigenvalue weighted by atomic mass is 32.2. The molecule has 0 bridgehead atoms. The Morgan fingerprint density at radius 1 is 0.953 bits per heavy atom. The van der Waals surface area contributed by atoms with Crippen molar-refractivity contribution in [3.8, 4) is 0 Å². The SMILES string of the molecule is CC(C)=NNc1ccc(C(=O)NCCCOCCOCCOCCCNC(=O)CCCC[C@@H]2SCC3NC(=O)N[C@@H]32)cn1. The van der Waals surface area contributed by atoms with Crippen molar-refractivity contribution in [3.05, 3.63) is 23.9 Å². The molecule has 1 aromatic heterocycles. The molecule has 3 atom stereocenters. The molecule has 0 aromatic carbocycles. The summed E-state index contributed by atoms with van der Waals surface area (Å²) in [4.78, 5) is 39.8. The molecule has 1 unspecified atom stereocenters. The first-order valence-corrected chi connectivity index (χ1v) is 16.2. The van der Waals surface area contributed by atoms with Crippen LogP contribution in [0.2, 0.25) is 0 Å². The van der Waals surface area contributed by atoms with Gasteiger partial charge in [0, 0.05) is 55.6 Å². The van der Waals surface area contributed by atoms with E-state index in [1.165, 1.54) is 6.20 Å². The number of hydrazone groups is 1. The summed E-state index contributed by atoms with van der Waals surface area (Å²) in [6, 6.07) is 3.83. The molecule has 2 aliphatic rings. The maximum atomic E-state index is 12.2. The lowest BCUT2D eigenvalue weighted by atomic mass is 10.0. The predicted octanol–water partition coefficient (Wildman–Crippen LogP) is 2.29. The van der Waals surface area contributed by atoms with Crippen molar-refractivity contribution in [2.75, 3.05) is 63.9 Å². The second-order valence-corrected chi connectivity index (χ2v) is 11.9. The van der Waals surface area contributed by atoms with Gasteiger partial charge in [-0.2, -0.15) is 16.9 Å². The summed E-state index contributed by atoms with van der Waals surface area (Å²) < 4.78 is 16.6. The highest BCUT2D eigenvalue weighted by Gasteiger charge is 2.42. The highest BCUT2D eigenvalue weighted by molar-refractivity contribution is 8.00. The van der Waals surface area contributed by atoms with E-state index in [-0.39, 0.29) is 29.9 Å². The van der Waals surface area contributed by atoms with Gasteiger partial charge in [0.05, 0.1) is 44.1 Å². The smallest absolute Gasteiger partial charge is 0.315 e. The van der Waals surface area contributed by atoms with Crippen molar-refractivity contribution < 1.29 is 28.6 Å². The summed E-state index contributed by atoms with van der Waals surface area (Å²) in [5, 5.41) is 16.3. The normalized spacial score (nSPS) is 18.8. The molecule has 5 N–H and O–H groups in total. The van der Waals surface area contributed by atoms with Crippen LogP contribution in [0, 0.1) is 0 Å². The minimum absolute atomic E-state index is 0.0577. The molecule has 0 saturated carbocycles. The molecule has 2 saturated heterocycles. The van der Waals surface area contributed by atoms with E-state index >= 15 is 0 Å². The van der Waals surface area contributed by atoms with Gasteiger partial charge in [-0.05, 0) is 51.7 Å². The lowest BCUT2D eigenvalue weighted by Gasteiger charge is -2.16. The maximum Gasteiger partial charge on any atom is 0.315 e. The van der Waals surface area contributed by atoms with Gasteiger partial charge in [0.25, 0.3) is 5.91 Å². The Balaban J connectivity index is 1.03. The number of nitrogens with one attached hydrogen (secondary N) is 5. The van der Waals surface area contributed by atoms with Crippen molar-refractivity contribution in [3.63, 3.8) is 0 Å². The minimum Gasteiger partial charge on any atom is -0.379 e. The van der Waals surface area contributed by atoms with Gasteiger partial charge in [0.15, 0.2) is 0 Å². The number of thioether (sulfide) groups is 1. The number of carbonyl (C=O) groups is 3. The Labute approximate surface area is 258 Å². The summed E-state index contributed by atoms with van der Waals surface area (Å²) in [6.07, 6.45) is 6.36. The topological polar surface area (TPSA) is 164 Å². The van der Waals surface area contributed by atoms with Crippen molar-refractivity contribution in [2.45, 2.75) is 69.7 Å². The summed E-state index contributed by atoms with van der Waals surface area (Å²) in [5.74, 6) is 1.44. The van der Waals surface area contributed by atoms with Gasteiger partial charge in [-0.25, -0.2) is 9.78 Å². The number of nitrogens with zero attached hydrogens (tertiary/aromatic N) is 2. The maximum absolute atomic E-state index is 12.2. The fraction of sp³-hybridized carbons (Fsp3) is 0.690. The van der Waals surface area contributed by atoms with E-state index in [0.717, 1.165) is 37.1 Å². The first-order chi connectivity index (χ1) is 20.9. The van der Waals surface area contributed by atoms with Crippen molar-refractivity contribution in [1.29, 1.82) is 0 Å². The highest BCUT2D eigenvalue weighted by Crippen LogP contribution is 2.33. The molecule has 240 valence electrons. The Morgan fingerprint density at radius 3 is 2.33 bits per heavy atom. The fourth-order valence-electron chi connectivity index (χ4n) is 4.55. The zero-order valence-corrected chi connectivity index (χ0v) is 26.1. The van der Waals surface area contributed by atoms with Gasteiger partial charge in [-0.3, -0.25) is 15.0 Å². The molecule has 43 heavy (non-hydrogen) atoms. The van der Waals surface area contributed by atoms with Crippen molar-refractivity contribution in [1.82, 2.24) is 26.3 Å². The lowest BCUT2D eigenvalue weighted by Crippen LogP contribution is -2.36. The second-order valence-electron chi connectivity index (χ2n) is 10.6. The van der Waals surface area contributed by atoms with Crippen LogP contribution < -0.4 is 26.7 Å². The molecule has 2 fully saturated rings. The number of rotatable bonds is 22. The number of fused-ring (bicyclic) bond motifs is 1. The quantitative estimate of drug-likeness (QED) is 0.0566. The molecular formula is C29H47N7O6S. The third-order valence-corrected chi connectivity index (χ3v) is 8.29. The predicted molar refractivity (Wildman–Crippen MR) is 168 cm³/mol. The Hall–Kier alpha value is -2.94. The summed E-state index contributed by atoms with van der Waals surface area (Å²) in [6.45, 7) is 7.89. The number of unbranched alkanes of at least 4 members (excludes halogenated alkanes) is 1. The van der Waals surface area contributed by atoms with Crippen molar-refractivity contribution >= 4 is 41.1 Å². The molecule has 1 aromatic rings. The number of anilines is 1. The van der Waals surface area contributed by atoms with E-state index in [1.54, 1.807) is 12.1 Å². The number of hydrogen-bond donors (Lipinski definition) is 5. The molecule has 0 spiro atoms. The number of amides is 4. The first kappa shape index (κ1) is 34.5. The van der Waals surface area contributed by atoms with Gasteiger partial charge < -0.3 is 35.5 Å². The molecule has 0 radical (unpaired) electrons. The standard InChI is InChI=1S/C29H47N7O6S/c1-21(2)35-36-25-10-9-22(19-32-25)28(38)31-12-6-14-41-16-18-42-17-15-40-13-5-11-30-26(37)8-4-3-7-24-27-23(20-43-24)33-29(39)34-27/h9-10,19,23-24,27H,3-8,11-18,20H2,1-2H3,(H,30,37)(H,31,38)(H,32,36)(H2,33,34,39)/t23?,24-,27-/m0/s1. The first-order valence-electron chi connectivity index (χ1n) is 15.1. The van der Waals surface area contributed by atoms with E-state index in [0.29, 0.717) is 82.2 Å². The Bertz CT molecular complexity index is 1030. The van der Waals surface area contributed by atoms with Crippen LogP contribution in [0.15, 0.2) is 23.4 Å². The number of carbonyl (C=O) groups excluding carboxylic acids is 3. The zero-order valence-electron chi connectivity index (χ0n) is 25.3. The average molecular weight is 622 g/mol. The molecule has 3 rings (SSSR count). The number of urea groups is 1. The Morgan fingerprint density at radius 2 is 1.65 bits per heavy atom. The van der Waals surface area contributed by atoms with Gasteiger partial charge in [-0.15, -0.1) is 0 Å². The van der Waals surface area contributed by atoms with Gasteiger partial charge in [0.1, 0.15) is 5.82 Å². The monoisotopic (exact) mass is 621 g/mol. The third-order valence-electron chi connectivity index (χ3n) is 6.78. The minimum atomic E-state index is -0.178. The largest absolute Gasteiger partial charge is 0.379 e. The van der Waals surface area contributed by atoms with Crippen LogP contribution in [0.3, 0.4) is 0 Å². The van der Waals surface area contributed by atoms with E-state index in [1.807, 2.05) is 25.6 Å². The molecule has 14 heteroatoms. The Kier molecular flexibility index (Phi) is 16.1. The number of hydrogen-bond acceptors (Lipinski definition) is 10. The molecule has 0 aliphatic carbocycles. The van der Waals surface area contributed by atoms with E-state index in [4.69, 9.17) is 14.2 Å². The van der Waals surface area contributed by atoms with Gasteiger partial charge in [0.2, 0.25) is 5.91 Å². The average Bonchev–Trinajstić information content (AvgIpc) is 3.55. The van der Waals surface area contributed by atoms with Gasteiger partial charge in [-0.1, -0.05) is 6.42 Å². The zero-order chi connectivity index (χ0) is 30.7. The van der Waals surface area contributed by atoms with E-state index in [9.17, 15) is 14.4 Å². The van der Waals surface area contributed by atoms with Gasteiger partial charge >= 0.3 is 6.03 Å².